The van der Waals surface area contributed by atoms with Gasteiger partial charge >= 0.3 is 0 Å². The molecule has 1 heterocycles. The predicted molar refractivity (Wildman–Crippen MR) is 74.6 cm³/mol. The molecule has 2 aliphatic rings. The van der Waals surface area contributed by atoms with Crippen LogP contribution in [0.2, 0.25) is 0 Å². The van der Waals surface area contributed by atoms with E-state index in [2.05, 4.69) is 27.4 Å². The molecular formula is C14H19BrN2O. The summed E-state index contributed by atoms with van der Waals surface area (Å²) in [5.41, 5.74) is 0.833. The Morgan fingerprint density at radius 2 is 2.22 bits per heavy atom. The van der Waals surface area contributed by atoms with Gasteiger partial charge in [0.05, 0.1) is 0 Å². The van der Waals surface area contributed by atoms with Crippen molar-refractivity contribution < 1.29 is 4.79 Å². The fraction of sp³-hybridized carbons (Fsp3) is 0.643. The second-order valence-corrected chi connectivity index (χ2v) is 6.76. The molecule has 18 heavy (non-hydrogen) atoms. The number of hydrogen-bond donors (Lipinski definition) is 0. The topological polar surface area (TPSA) is 25.2 Å². The summed E-state index contributed by atoms with van der Waals surface area (Å²) >= 11 is 3.48. The third-order valence-electron chi connectivity index (χ3n) is 4.11. The lowest BCUT2D eigenvalue weighted by Crippen LogP contribution is -2.30. The minimum absolute atomic E-state index is 0.159. The zero-order chi connectivity index (χ0) is 12.9. The smallest absolute Gasteiger partial charge is 0.270 e. The molecule has 4 heteroatoms. The minimum atomic E-state index is 0.159. The molecule has 0 aliphatic heterocycles. The van der Waals surface area contributed by atoms with Crippen LogP contribution in [0.3, 0.4) is 0 Å². The summed E-state index contributed by atoms with van der Waals surface area (Å²) in [5.74, 6) is 1.67. The fourth-order valence-electron chi connectivity index (χ4n) is 2.56. The maximum absolute atomic E-state index is 12.5. The van der Waals surface area contributed by atoms with E-state index >= 15 is 0 Å². The molecule has 1 aromatic heterocycles. The van der Waals surface area contributed by atoms with E-state index in [1.807, 2.05) is 24.2 Å². The quantitative estimate of drug-likeness (QED) is 0.837. The van der Waals surface area contributed by atoms with Gasteiger partial charge in [0.15, 0.2) is 0 Å². The highest BCUT2D eigenvalue weighted by Gasteiger charge is 2.35. The summed E-state index contributed by atoms with van der Waals surface area (Å²) in [6, 6.07) is 2.50. The Kier molecular flexibility index (Phi) is 3.00. The van der Waals surface area contributed by atoms with Gasteiger partial charge in [-0.05, 0) is 53.1 Å². The van der Waals surface area contributed by atoms with Crippen LogP contribution in [0.25, 0.3) is 0 Å². The Morgan fingerprint density at radius 1 is 1.56 bits per heavy atom. The van der Waals surface area contributed by atoms with Crippen LogP contribution in [-0.2, 0) is 0 Å². The van der Waals surface area contributed by atoms with Crippen molar-refractivity contribution in [2.24, 2.45) is 11.8 Å². The molecule has 1 aromatic rings. The molecule has 0 aromatic carbocycles. The van der Waals surface area contributed by atoms with Gasteiger partial charge in [-0.2, -0.15) is 0 Å². The zero-order valence-corrected chi connectivity index (χ0v) is 12.5. The Labute approximate surface area is 116 Å². The number of aromatic nitrogens is 1. The maximum atomic E-state index is 12.5. The monoisotopic (exact) mass is 310 g/mol. The average Bonchev–Trinajstić information content (AvgIpc) is 3.22. The normalized spacial score (nSPS) is 26.2. The molecule has 1 amide bonds. The largest absolute Gasteiger partial charge is 0.340 e. The first-order valence-electron chi connectivity index (χ1n) is 6.69. The van der Waals surface area contributed by atoms with Crippen molar-refractivity contribution in [3.8, 4) is 0 Å². The number of halogens is 1. The molecule has 2 saturated carbocycles. The molecular weight excluding hydrogens is 292 g/mol. The van der Waals surface area contributed by atoms with E-state index in [0.717, 1.165) is 22.6 Å². The molecule has 0 N–H and O–H groups in total. The van der Waals surface area contributed by atoms with Gasteiger partial charge in [0.25, 0.3) is 5.91 Å². The molecule has 3 rings (SSSR count). The van der Waals surface area contributed by atoms with Crippen LogP contribution >= 0.6 is 15.9 Å². The van der Waals surface area contributed by atoms with E-state index < -0.39 is 0 Å². The number of rotatable bonds is 4. The van der Waals surface area contributed by atoms with Gasteiger partial charge in [-0.3, -0.25) is 4.79 Å². The Morgan fingerprint density at radius 3 is 2.78 bits per heavy atom. The molecule has 2 atom stereocenters. The lowest BCUT2D eigenvalue weighted by atomic mass is 10.3. The van der Waals surface area contributed by atoms with Crippen molar-refractivity contribution in [2.75, 3.05) is 13.6 Å². The molecule has 0 radical (unpaired) electrons. The number of nitrogens with zero attached hydrogens (tertiary/aromatic N) is 2. The number of carbonyl (C=O) groups is 1. The summed E-state index contributed by atoms with van der Waals surface area (Å²) in [5, 5.41) is 0. The van der Waals surface area contributed by atoms with E-state index in [4.69, 9.17) is 0 Å². The summed E-state index contributed by atoms with van der Waals surface area (Å²) in [7, 11) is 1.92. The highest BCUT2D eigenvalue weighted by atomic mass is 79.9. The lowest BCUT2D eigenvalue weighted by Gasteiger charge is -2.18. The molecule has 2 aliphatic carbocycles. The van der Waals surface area contributed by atoms with Crippen LogP contribution in [0.15, 0.2) is 16.7 Å². The summed E-state index contributed by atoms with van der Waals surface area (Å²) < 4.78 is 3.14. The van der Waals surface area contributed by atoms with Crippen molar-refractivity contribution in [3.63, 3.8) is 0 Å². The van der Waals surface area contributed by atoms with E-state index in [9.17, 15) is 4.79 Å². The van der Waals surface area contributed by atoms with Crippen molar-refractivity contribution in [2.45, 2.75) is 32.2 Å². The predicted octanol–water partition coefficient (Wildman–Crippen LogP) is 3.31. The number of hydrogen-bond acceptors (Lipinski definition) is 1. The first-order chi connectivity index (χ1) is 8.56. The summed E-state index contributed by atoms with van der Waals surface area (Å²) in [4.78, 5) is 14.3. The summed E-state index contributed by atoms with van der Waals surface area (Å²) in [6.45, 7) is 3.15. The van der Waals surface area contributed by atoms with E-state index in [1.54, 1.807) is 0 Å². The van der Waals surface area contributed by atoms with Crippen molar-refractivity contribution >= 4 is 21.8 Å². The van der Waals surface area contributed by atoms with Crippen LogP contribution in [0.4, 0.5) is 0 Å². The number of carbonyl (C=O) groups excluding carboxylic acids is 1. The van der Waals surface area contributed by atoms with E-state index in [0.29, 0.717) is 12.0 Å². The Hall–Kier alpha value is -0.770. The zero-order valence-electron chi connectivity index (χ0n) is 10.9. The molecule has 2 fully saturated rings. The van der Waals surface area contributed by atoms with Crippen molar-refractivity contribution in [1.82, 2.24) is 9.47 Å². The molecule has 2 unspecified atom stereocenters. The molecule has 0 spiro atoms. The second-order valence-electron chi connectivity index (χ2n) is 5.84. The molecule has 0 bridgehead atoms. The standard InChI is InChI=1S/C14H19BrN2O/c1-9-5-10(9)7-16(2)14(18)13-6-11(15)8-17(13)12-3-4-12/h6,8-10,12H,3-5,7H2,1-2H3. The maximum Gasteiger partial charge on any atom is 0.270 e. The van der Waals surface area contributed by atoms with Gasteiger partial charge in [-0.25, -0.2) is 0 Å². The highest BCUT2D eigenvalue weighted by molar-refractivity contribution is 9.10. The first-order valence-corrected chi connectivity index (χ1v) is 7.48. The molecule has 98 valence electrons. The van der Waals surface area contributed by atoms with Gasteiger partial charge < -0.3 is 9.47 Å². The van der Waals surface area contributed by atoms with E-state index in [1.165, 1.54) is 19.3 Å². The van der Waals surface area contributed by atoms with Gasteiger partial charge in [0, 0.05) is 30.3 Å². The van der Waals surface area contributed by atoms with Gasteiger partial charge in [-0.15, -0.1) is 0 Å². The van der Waals surface area contributed by atoms with Crippen LogP contribution in [0, 0.1) is 11.8 Å². The van der Waals surface area contributed by atoms with E-state index in [-0.39, 0.29) is 5.91 Å². The van der Waals surface area contributed by atoms with Crippen LogP contribution < -0.4 is 0 Å². The average molecular weight is 311 g/mol. The SMILES string of the molecule is CC1CC1CN(C)C(=O)c1cc(Br)cn1C1CC1. The molecule has 0 saturated heterocycles. The van der Waals surface area contributed by atoms with Gasteiger partial charge in [0.2, 0.25) is 0 Å². The van der Waals surface area contributed by atoms with Crippen LogP contribution in [-0.4, -0.2) is 29.0 Å². The Balaban J connectivity index is 1.74. The lowest BCUT2D eigenvalue weighted by molar-refractivity contribution is 0.0776. The molecule has 3 nitrogen and oxygen atoms in total. The third-order valence-corrected chi connectivity index (χ3v) is 4.54. The minimum Gasteiger partial charge on any atom is -0.340 e. The highest BCUT2D eigenvalue weighted by Crippen LogP contribution is 2.39. The fourth-order valence-corrected chi connectivity index (χ4v) is 2.99. The first kappa shape index (κ1) is 12.3. The van der Waals surface area contributed by atoms with Gasteiger partial charge in [0.1, 0.15) is 5.69 Å². The van der Waals surface area contributed by atoms with Crippen molar-refractivity contribution in [3.05, 3.63) is 22.4 Å². The third kappa shape index (κ3) is 2.35. The number of amides is 1. The van der Waals surface area contributed by atoms with Gasteiger partial charge in [-0.1, -0.05) is 6.92 Å². The van der Waals surface area contributed by atoms with Crippen molar-refractivity contribution in [1.29, 1.82) is 0 Å². The second kappa shape index (κ2) is 4.41. The Bertz CT molecular complexity index is 478. The van der Waals surface area contributed by atoms with Crippen LogP contribution in [0.5, 0.6) is 0 Å². The van der Waals surface area contributed by atoms with Crippen LogP contribution in [0.1, 0.15) is 42.7 Å². The summed E-state index contributed by atoms with van der Waals surface area (Å²) in [6.07, 6.45) is 5.71.